The number of carbonyl (C=O) groups excluding carboxylic acids is 1. The first-order valence-corrected chi connectivity index (χ1v) is 11.5. The zero-order valence-electron chi connectivity index (χ0n) is 19.5. The van der Waals surface area contributed by atoms with Crippen LogP contribution in [0.15, 0.2) is 45.7 Å². The smallest absolute Gasteiger partial charge is 0.340 e. The summed E-state index contributed by atoms with van der Waals surface area (Å²) in [5.74, 6) is 0.185. The molecule has 2 aromatic carbocycles. The fourth-order valence-electron chi connectivity index (χ4n) is 4.66. The summed E-state index contributed by atoms with van der Waals surface area (Å²) in [4.78, 5) is 28.4. The maximum Gasteiger partial charge on any atom is 0.340 e. The minimum atomic E-state index is -0.512. The normalized spacial score (nSPS) is 14.7. The van der Waals surface area contributed by atoms with Gasteiger partial charge in [0.1, 0.15) is 22.8 Å². The van der Waals surface area contributed by atoms with E-state index in [1.165, 1.54) is 12.1 Å². The molecule has 1 aliphatic heterocycles. The number of aromatic nitrogens is 1. The number of aromatic amines is 1. The van der Waals surface area contributed by atoms with E-state index in [4.69, 9.17) is 9.15 Å². The lowest BCUT2D eigenvalue weighted by Gasteiger charge is -2.32. The van der Waals surface area contributed by atoms with Gasteiger partial charge < -0.3 is 19.5 Å². The number of benzene rings is 2. The Labute approximate surface area is 196 Å². The van der Waals surface area contributed by atoms with Crippen LogP contribution in [0.2, 0.25) is 0 Å². The quantitative estimate of drug-likeness (QED) is 0.420. The van der Waals surface area contributed by atoms with Crippen molar-refractivity contribution in [1.29, 1.82) is 0 Å². The number of nitrogens with one attached hydrogen (secondary N) is 2. The Morgan fingerprint density at radius 1 is 1.21 bits per heavy atom. The molecule has 0 saturated heterocycles. The fraction of sp³-hybridized carbons (Fsp3) is 0.333. The van der Waals surface area contributed by atoms with Crippen molar-refractivity contribution < 1.29 is 18.3 Å². The lowest BCUT2D eigenvalue weighted by Crippen LogP contribution is -2.32. The van der Waals surface area contributed by atoms with Gasteiger partial charge in [-0.2, -0.15) is 0 Å². The second-order valence-corrected chi connectivity index (χ2v) is 9.59. The third-order valence-electron chi connectivity index (χ3n) is 6.63. The van der Waals surface area contributed by atoms with E-state index >= 15 is 0 Å². The first-order valence-electron chi connectivity index (χ1n) is 11.5. The second kappa shape index (κ2) is 8.31. The molecule has 4 aromatic rings. The van der Waals surface area contributed by atoms with Crippen molar-refractivity contribution >= 4 is 27.8 Å². The van der Waals surface area contributed by atoms with E-state index in [1.54, 1.807) is 12.1 Å². The Morgan fingerprint density at radius 3 is 2.85 bits per heavy atom. The molecule has 2 N–H and O–H groups in total. The predicted octanol–water partition coefficient (Wildman–Crippen LogP) is 4.73. The third-order valence-corrected chi connectivity index (χ3v) is 6.63. The van der Waals surface area contributed by atoms with E-state index in [1.807, 2.05) is 33.0 Å². The summed E-state index contributed by atoms with van der Waals surface area (Å²) in [5.41, 5.74) is 3.66. The van der Waals surface area contributed by atoms with Crippen molar-refractivity contribution in [1.82, 2.24) is 10.3 Å². The molecule has 176 valence electrons. The van der Waals surface area contributed by atoms with Gasteiger partial charge in [-0.3, -0.25) is 4.79 Å². The van der Waals surface area contributed by atoms with Crippen molar-refractivity contribution in [3.8, 4) is 5.75 Å². The van der Waals surface area contributed by atoms with Gasteiger partial charge in [0.05, 0.1) is 12.0 Å². The second-order valence-electron chi connectivity index (χ2n) is 9.59. The molecule has 0 spiro atoms. The minimum Gasteiger partial charge on any atom is -0.487 e. The number of fused-ring (bicyclic) bond motifs is 3. The first kappa shape index (κ1) is 22.2. The van der Waals surface area contributed by atoms with Crippen LogP contribution >= 0.6 is 0 Å². The Bertz CT molecular complexity index is 1480. The predicted molar refractivity (Wildman–Crippen MR) is 129 cm³/mol. The molecule has 3 heterocycles. The molecule has 34 heavy (non-hydrogen) atoms. The van der Waals surface area contributed by atoms with E-state index in [2.05, 4.69) is 10.3 Å². The van der Waals surface area contributed by atoms with Gasteiger partial charge in [-0.1, -0.05) is 0 Å². The molecule has 1 amide bonds. The van der Waals surface area contributed by atoms with Gasteiger partial charge in [-0.05, 0) is 81.0 Å². The number of aryl methyl sites for hydroxylation is 2. The number of H-pyrrole nitrogens is 1. The molecular formula is C27H27FN2O4. The van der Waals surface area contributed by atoms with Crippen LogP contribution in [0.1, 0.15) is 42.5 Å². The van der Waals surface area contributed by atoms with Crippen LogP contribution in [0.25, 0.3) is 21.9 Å². The van der Waals surface area contributed by atoms with Gasteiger partial charge in [0.25, 0.3) is 0 Å². The van der Waals surface area contributed by atoms with Gasteiger partial charge in [-0.25, -0.2) is 9.18 Å². The van der Waals surface area contributed by atoms with Crippen LogP contribution in [-0.2, 0) is 24.1 Å². The zero-order valence-corrected chi connectivity index (χ0v) is 19.5. The number of hydrogen-bond donors (Lipinski definition) is 2. The topological polar surface area (TPSA) is 84.3 Å². The van der Waals surface area contributed by atoms with Crippen LogP contribution in [0.5, 0.6) is 5.75 Å². The third kappa shape index (κ3) is 4.18. The highest BCUT2D eigenvalue weighted by Crippen LogP contribution is 2.36. The fourth-order valence-corrected chi connectivity index (χ4v) is 4.66. The number of amides is 1. The monoisotopic (exact) mass is 462 g/mol. The number of carbonyl (C=O) groups is 1. The number of halogens is 1. The number of ether oxygens (including phenoxy) is 1. The standard InChI is InChI=1S/C27H27FN2O4/c1-15-19-10-16-6-8-27(2,3)34-23(16)13-24(19)33-26(32)20(15)12-25(31)29-9-7-17-14-30-22-5-4-18(28)11-21(17)22/h4-5,10-11,13-14,30H,6-9,12H2,1-3H3,(H,29,31). The van der Waals surface area contributed by atoms with Crippen LogP contribution in [-0.4, -0.2) is 23.0 Å². The molecule has 0 atom stereocenters. The lowest BCUT2D eigenvalue weighted by molar-refractivity contribution is -0.120. The van der Waals surface area contributed by atoms with Gasteiger partial charge in [0, 0.05) is 35.1 Å². The van der Waals surface area contributed by atoms with E-state index in [9.17, 15) is 14.0 Å². The van der Waals surface area contributed by atoms with Gasteiger partial charge in [-0.15, -0.1) is 0 Å². The summed E-state index contributed by atoms with van der Waals surface area (Å²) in [6.07, 6.45) is 4.09. The average Bonchev–Trinajstić information content (AvgIpc) is 3.17. The molecule has 2 aromatic heterocycles. The highest BCUT2D eigenvalue weighted by molar-refractivity contribution is 5.86. The highest BCUT2D eigenvalue weighted by atomic mass is 19.1. The molecule has 7 heteroatoms. The van der Waals surface area contributed by atoms with Crippen molar-refractivity contribution in [2.24, 2.45) is 0 Å². The molecule has 0 saturated carbocycles. The molecular weight excluding hydrogens is 435 g/mol. The van der Waals surface area contributed by atoms with Gasteiger partial charge in [0.15, 0.2) is 0 Å². The summed E-state index contributed by atoms with van der Waals surface area (Å²) in [7, 11) is 0. The van der Waals surface area contributed by atoms with Crippen LogP contribution in [0.3, 0.4) is 0 Å². The lowest BCUT2D eigenvalue weighted by atomic mass is 9.92. The Balaban J connectivity index is 1.31. The molecule has 0 fully saturated rings. The minimum absolute atomic E-state index is 0.0623. The maximum atomic E-state index is 13.6. The maximum absolute atomic E-state index is 13.6. The average molecular weight is 463 g/mol. The molecule has 0 unspecified atom stereocenters. The van der Waals surface area contributed by atoms with E-state index in [-0.39, 0.29) is 23.7 Å². The molecule has 5 rings (SSSR count). The Kier molecular flexibility index (Phi) is 5.42. The first-order chi connectivity index (χ1) is 16.2. The van der Waals surface area contributed by atoms with Gasteiger partial charge in [0.2, 0.25) is 5.91 Å². The van der Waals surface area contributed by atoms with E-state index in [0.29, 0.717) is 24.1 Å². The van der Waals surface area contributed by atoms with Crippen molar-refractivity contribution in [2.45, 2.75) is 52.1 Å². The Hall–Kier alpha value is -3.61. The summed E-state index contributed by atoms with van der Waals surface area (Å²) in [5, 5.41) is 4.49. The van der Waals surface area contributed by atoms with Crippen molar-refractivity contribution in [3.05, 3.63) is 75.0 Å². The van der Waals surface area contributed by atoms with Crippen LogP contribution < -0.4 is 15.7 Å². The highest BCUT2D eigenvalue weighted by Gasteiger charge is 2.28. The summed E-state index contributed by atoms with van der Waals surface area (Å²) >= 11 is 0. The summed E-state index contributed by atoms with van der Waals surface area (Å²) in [6, 6.07) is 8.38. The zero-order chi connectivity index (χ0) is 24.0. The molecule has 0 bridgehead atoms. The molecule has 0 aliphatic carbocycles. The van der Waals surface area contributed by atoms with Gasteiger partial charge >= 0.3 is 5.63 Å². The molecule has 1 aliphatic rings. The van der Waals surface area contributed by atoms with Crippen LogP contribution in [0, 0.1) is 12.7 Å². The molecule has 6 nitrogen and oxygen atoms in total. The SMILES string of the molecule is Cc1c(CC(=O)NCCc2c[nH]c3ccc(F)cc23)c(=O)oc2cc3c(cc12)CCC(C)(C)O3. The van der Waals surface area contributed by atoms with Crippen LogP contribution in [0.4, 0.5) is 4.39 Å². The largest absolute Gasteiger partial charge is 0.487 e. The van der Waals surface area contributed by atoms with E-state index < -0.39 is 5.63 Å². The number of rotatable bonds is 5. The number of hydrogen-bond acceptors (Lipinski definition) is 4. The summed E-state index contributed by atoms with van der Waals surface area (Å²) < 4.78 is 25.2. The van der Waals surface area contributed by atoms with Crippen molar-refractivity contribution in [3.63, 3.8) is 0 Å². The molecule has 0 radical (unpaired) electrons. The Morgan fingerprint density at radius 2 is 2.03 bits per heavy atom. The van der Waals surface area contributed by atoms with Crippen molar-refractivity contribution in [2.75, 3.05) is 6.54 Å². The van der Waals surface area contributed by atoms with E-state index in [0.717, 1.165) is 51.6 Å². The summed E-state index contributed by atoms with van der Waals surface area (Å²) in [6.45, 7) is 6.31.